The Hall–Kier alpha value is -2.56. The minimum absolute atomic E-state index is 0.0780. The number of rotatable bonds is 5. The van der Waals surface area contributed by atoms with Crippen molar-refractivity contribution in [1.29, 1.82) is 5.41 Å². The molecule has 110 valence electrons. The number of nitrogens with one attached hydrogen (secondary N) is 1. The van der Waals surface area contributed by atoms with Crippen LogP contribution in [0.25, 0.3) is 0 Å². The summed E-state index contributed by atoms with van der Waals surface area (Å²) in [7, 11) is 3.65. The average Bonchev–Trinajstić information content (AvgIpc) is 2.46. The molecule has 0 bridgehead atoms. The predicted molar refractivity (Wildman–Crippen MR) is 85.1 cm³/mol. The van der Waals surface area contributed by atoms with Crippen LogP contribution in [0, 0.1) is 12.3 Å². The van der Waals surface area contributed by atoms with E-state index in [1.807, 2.05) is 50.4 Å². The second-order valence-electron chi connectivity index (χ2n) is 4.96. The summed E-state index contributed by atoms with van der Waals surface area (Å²) in [5.74, 6) is 0.895. The fourth-order valence-corrected chi connectivity index (χ4v) is 2.13. The zero-order valence-corrected chi connectivity index (χ0v) is 12.6. The average molecular weight is 284 g/mol. The molecule has 1 heterocycles. The van der Waals surface area contributed by atoms with Crippen LogP contribution in [0.5, 0.6) is 5.75 Å². The quantitative estimate of drug-likeness (QED) is 0.652. The van der Waals surface area contributed by atoms with Gasteiger partial charge in [0.1, 0.15) is 11.6 Å². The minimum Gasteiger partial charge on any atom is -0.497 e. The van der Waals surface area contributed by atoms with Gasteiger partial charge in [0.15, 0.2) is 0 Å². The molecule has 0 aliphatic carbocycles. The van der Waals surface area contributed by atoms with Crippen LogP contribution in [0.3, 0.4) is 0 Å². The number of hydrogen-bond donors (Lipinski definition) is 2. The molecule has 3 N–H and O–H groups in total. The van der Waals surface area contributed by atoms with Gasteiger partial charge in [-0.1, -0.05) is 0 Å². The molecule has 1 aromatic heterocycles. The Morgan fingerprint density at radius 1 is 1.29 bits per heavy atom. The fraction of sp³-hybridized carbons (Fsp3) is 0.250. The highest BCUT2D eigenvalue weighted by atomic mass is 16.5. The summed E-state index contributed by atoms with van der Waals surface area (Å²) in [5.41, 5.74) is 9.11. The van der Waals surface area contributed by atoms with Gasteiger partial charge in [-0.2, -0.15) is 0 Å². The molecule has 0 saturated carbocycles. The molecule has 21 heavy (non-hydrogen) atoms. The highest BCUT2D eigenvalue weighted by molar-refractivity contribution is 5.95. The Kier molecular flexibility index (Phi) is 4.42. The number of nitrogens with zero attached hydrogens (tertiary/aromatic N) is 2. The summed E-state index contributed by atoms with van der Waals surface area (Å²) in [4.78, 5) is 6.61. The summed E-state index contributed by atoms with van der Waals surface area (Å²) < 4.78 is 5.27. The lowest BCUT2D eigenvalue weighted by atomic mass is 10.2. The van der Waals surface area contributed by atoms with Crippen molar-refractivity contribution >= 4 is 11.5 Å². The van der Waals surface area contributed by atoms with Crippen LogP contribution in [0.4, 0.5) is 5.69 Å². The van der Waals surface area contributed by atoms with Gasteiger partial charge in [0.25, 0.3) is 0 Å². The standard InChI is InChI=1S/C16H20N4O/c1-11-8-15(21-3)9-13(19-11)10-20(2)14-6-4-12(5-7-14)16(17)18/h4-9H,10H2,1-3H3,(H3,17,18). The minimum atomic E-state index is 0.0780. The first-order chi connectivity index (χ1) is 9.99. The third-order valence-corrected chi connectivity index (χ3v) is 3.23. The fourth-order valence-electron chi connectivity index (χ4n) is 2.13. The number of amidine groups is 1. The van der Waals surface area contributed by atoms with E-state index in [4.69, 9.17) is 15.9 Å². The van der Waals surface area contributed by atoms with Crippen LogP contribution in [-0.2, 0) is 6.54 Å². The molecule has 5 nitrogen and oxygen atoms in total. The predicted octanol–water partition coefficient (Wildman–Crippen LogP) is 2.32. The molecule has 0 atom stereocenters. The summed E-state index contributed by atoms with van der Waals surface area (Å²) in [6.07, 6.45) is 0. The van der Waals surface area contributed by atoms with Crippen molar-refractivity contribution in [3.63, 3.8) is 0 Å². The van der Waals surface area contributed by atoms with E-state index in [9.17, 15) is 0 Å². The molecule has 2 rings (SSSR count). The van der Waals surface area contributed by atoms with E-state index in [0.29, 0.717) is 6.54 Å². The van der Waals surface area contributed by atoms with Crippen molar-refractivity contribution in [3.8, 4) is 5.75 Å². The Labute approximate surface area is 124 Å². The van der Waals surface area contributed by atoms with Crippen LogP contribution < -0.4 is 15.4 Å². The molecule has 0 aliphatic rings. The smallest absolute Gasteiger partial charge is 0.122 e. The molecule has 0 fully saturated rings. The maximum atomic E-state index is 7.40. The lowest BCUT2D eigenvalue weighted by Gasteiger charge is -2.19. The molecule has 5 heteroatoms. The van der Waals surface area contributed by atoms with Gasteiger partial charge in [-0.25, -0.2) is 0 Å². The Morgan fingerprint density at radius 3 is 2.52 bits per heavy atom. The van der Waals surface area contributed by atoms with Gasteiger partial charge in [-0.3, -0.25) is 10.4 Å². The first-order valence-electron chi connectivity index (χ1n) is 6.66. The molecule has 1 aromatic carbocycles. The van der Waals surface area contributed by atoms with Gasteiger partial charge in [0, 0.05) is 36.1 Å². The molecule has 0 saturated heterocycles. The van der Waals surface area contributed by atoms with Gasteiger partial charge in [-0.15, -0.1) is 0 Å². The van der Waals surface area contributed by atoms with Gasteiger partial charge >= 0.3 is 0 Å². The molecule has 0 spiro atoms. The van der Waals surface area contributed by atoms with E-state index in [1.54, 1.807) is 7.11 Å². The molecule has 2 aromatic rings. The van der Waals surface area contributed by atoms with Crippen molar-refractivity contribution in [2.24, 2.45) is 5.73 Å². The second kappa shape index (κ2) is 6.26. The number of anilines is 1. The van der Waals surface area contributed by atoms with Gasteiger partial charge in [0.05, 0.1) is 19.3 Å². The van der Waals surface area contributed by atoms with Crippen LogP contribution in [0.2, 0.25) is 0 Å². The number of ether oxygens (including phenoxy) is 1. The number of aryl methyl sites for hydroxylation is 1. The topological polar surface area (TPSA) is 75.2 Å². The van der Waals surface area contributed by atoms with Gasteiger partial charge in [-0.05, 0) is 31.2 Å². The number of nitrogen functional groups attached to an aromatic ring is 1. The normalized spacial score (nSPS) is 10.2. The largest absolute Gasteiger partial charge is 0.497 e. The Balaban J connectivity index is 2.15. The highest BCUT2D eigenvalue weighted by Crippen LogP contribution is 2.18. The number of methoxy groups -OCH3 is 1. The van der Waals surface area contributed by atoms with Gasteiger partial charge < -0.3 is 15.4 Å². The molecule has 0 amide bonds. The van der Waals surface area contributed by atoms with E-state index in [-0.39, 0.29) is 5.84 Å². The van der Waals surface area contributed by atoms with E-state index >= 15 is 0 Å². The maximum Gasteiger partial charge on any atom is 0.122 e. The number of pyridine rings is 1. The van der Waals surface area contributed by atoms with Crippen molar-refractivity contribution < 1.29 is 4.74 Å². The van der Waals surface area contributed by atoms with E-state index < -0.39 is 0 Å². The first-order valence-corrected chi connectivity index (χ1v) is 6.66. The number of aromatic nitrogens is 1. The van der Waals surface area contributed by atoms with Crippen molar-refractivity contribution in [2.75, 3.05) is 19.1 Å². The molecular formula is C16H20N4O. The van der Waals surface area contributed by atoms with Crippen LogP contribution in [0.15, 0.2) is 36.4 Å². The van der Waals surface area contributed by atoms with Crippen LogP contribution >= 0.6 is 0 Å². The number of nitrogens with two attached hydrogens (primary N) is 1. The van der Waals surface area contributed by atoms with Crippen molar-refractivity contribution in [1.82, 2.24) is 4.98 Å². The Morgan fingerprint density at radius 2 is 1.95 bits per heavy atom. The first kappa shape index (κ1) is 14.8. The molecule has 0 radical (unpaired) electrons. The lowest BCUT2D eigenvalue weighted by molar-refractivity contribution is 0.413. The van der Waals surface area contributed by atoms with Crippen LogP contribution in [-0.4, -0.2) is 25.0 Å². The summed E-state index contributed by atoms with van der Waals surface area (Å²) >= 11 is 0. The van der Waals surface area contributed by atoms with Crippen molar-refractivity contribution in [3.05, 3.63) is 53.3 Å². The highest BCUT2D eigenvalue weighted by Gasteiger charge is 2.06. The van der Waals surface area contributed by atoms with Crippen LogP contribution in [0.1, 0.15) is 17.0 Å². The zero-order chi connectivity index (χ0) is 15.4. The lowest BCUT2D eigenvalue weighted by Crippen LogP contribution is -2.18. The summed E-state index contributed by atoms with van der Waals surface area (Å²) in [6, 6.07) is 11.4. The van der Waals surface area contributed by atoms with E-state index in [0.717, 1.165) is 28.4 Å². The number of benzene rings is 1. The summed E-state index contributed by atoms with van der Waals surface area (Å²) in [6.45, 7) is 2.63. The van der Waals surface area contributed by atoms with E-state index in [2.05, 4.69) is 9.88 Å². The van der Waals surface area contributed by atoms with E-state index in [1.165, 1.54) is 0 Å². The second-order valence-corrected chi connectivity index (χ2v) is 4.96. The maximum absolute atomic E-state index is 7.40. The zero-order valence-electron chi connectivity index (χ0n) is 12.6. The van der Waals surface area contributed by atoms with Gasteiger partial charge in [0.2, 0.25) is 0 Å². The molecule has 0 unspecified atom stereocenters. The number of hydrogen-bond acceptors (Lipinski definition) is 4. The Bertz CT molecular complexity index is 637. The third kappa shape index (κ3) is 3.72. The monoisotopic (exact) mass is 284 g/mol. The van der Waals surface area contributed by atoms with Crippen molar-refractivity contribution in [2.45, 2.75) is 13.5 Å². The molecular weight excluding hydrogens is 264 g/mol. The third-order valence-electron chi connectivity index (χ3n) is 3.23. The molecule has 0 aliphatic heterocycles. The SMILES string of the molecule is COc1cc(C)nc(CN(C)c2ccc(C(=N)N)cc2)c1. The summed E-state index contributed by atoms with van der Waals surface area (Å²) in [5, 5.41) is 7.40.